The van der Waals surface area contributed by atoms with Crippen LogP contribution in [0.4, 0.5) is 10.1 Å². The number of benzene rings is 2. The predicted molar refractivity (Wildman–Crippen MR) is 114 cm³/mol. The van der Waals surface area contributed by atoms with Crippen LogP contribution in [0.2, 0.25) is 0 Å². The monoisotopic (exact) mass is 426 g/mol. The van der Waals surface area contributed by atoms with Crippen molar-refractivity contribution in [2.24, 2.45) is 0 Å². The summed E-state index contributed by atoms with van der Waals surface area (Å²) in [5.74, 6) is -3.40. The largest absolute Gasteiger partial charge is 0.489 e. The van der Waals surface area contributed by atoms with Gasteiger partial charge in [0, 0.05) is 35.9 Å². The van der Waals surface area contributed by atoms with E-state index in [2.05, 4.69) is 29.2 Å². The SMILES string of the molecule is Cc1cc(N2CCCC2)c2ccc(COc3cccc(F)c3)cc2n1.O=C(O)C(=O)O. The first-order chi connectivity index (χ1) is 14.8. The lowest BCUT2D eigenvalue weighted by Gasteiger charge is -2.20. The average molecular weight is 426 g/mol. The molecule has 0 saturated carbocycles. The van der Waals surface area contributed by atoms with Crippen molar-refractivity contribution < 1.29 is 28.9 Å². The van der Waals surface area contributed by atoms with Gasteiger partial charge in [-0.2, -0.15) is 0 Å². The number of aromatic nitrogens is 1. The molecule has 7 nitrogen and oxygen atoms in total. The van der Waals surface area contributed by atoms with Crippen molar-refractivity contribution in [3.63, 3.8) is 0 Å². The minimum Gasteiger partial charge on any atom is -0.489 e. The molecule has 8 heteroatoms. The summed E-state index contributed by atoms with van der Waals surface area (Å²) in [6.07, 6.45) is 2.50. The molecule has 2 heterocycles. The van der Waals surface area contributed by atoms with Gasteiger partial charge in [-0.15, -0.1) is 0 Å². The third-order valence-corrected chi connectivity index (χ3v) is 4.81. The minimum absolute atomic E-state index is 0.288. The van der Waals surface area contributed by atoms with Crippen LogP contribution in [-0.2, 0) is 16.2 Å². The molecule has 1 aliphatic rings. The van der Waals surface area contributed by atoms with E-state index in [1.165, 1.54) is 36.0 Å². The average Bonchev–Trinajstić information content (AvgIpc) is 3.26. The number of carboxylic acid groups (broad SMARTS) is 2. The van der Waals surface area contributed by atoms with Gasteiger partial charge in [-0.05, 0) is 49.6 Å². The fraction of sp³-hybridized carbons (Fsp3) is 0.261. The standard InChI is InChI=1S/C21H21FN2O.C2H2O4/c1-15-11-21(24-9-2-3-10-24)19-8-7-16(12-20(19)23-15)14-25-18-6-4-5-17(22)13-18;3-1(4)2(5)6/h4-8,11-13H,2-3,9-10,14H2,1H3;(H,3,4)(H,5,6). The van der Waals surface area contributed by atoms with E-state index >= 15 is 0 Å². The molecule has 1 saturated heterocycles. The van der Waals surface area contributed by atoms with E-state index in [4.69, 9.17) is 29.5 Å². The summed E-state index contributed by atoms with van der Waals surface area (Å²) in [7, 11) is 0. The van der Waals surface area contributed by atoms with Crippen molar-refractivity contribution >= 4 is 28.5 Å². The van der Waals surface area contributed by atoms with Crippen LogP contribution in [0, 0.1) is 12.7 Å². The Bertz CT molecular complexity index is 1080. The third kappa shape index (κ3) is 5.91. The number of carboxylic acids is 2. The Morgan fingerprint density at radius 1 is 1.06 bits per heavy atom. The number of rotatable bonds is 4. The first-order valence-corrected chi connectivity index (χ1v) is 9.83. The second-order valence-electron chi connectivity index (χ2n) is 7.18. The number of pyridine rings is 1. The summed E-state index contributed by atoms with van der Waals surface area (Å²) in [5, 5.41) is 16.0. The lowest BCUT2D eigenvalue weighted by atomic mass is 10.1. The number of halogens is 1. The van der Waals surface area contributed by atoms with E-state index in [1.807, 2.05) is 6.92 Å². The van der Waals surface area contributed by atoms with Crippen LogP contribution in [0.1, 0.15) is 24.1 Å². The lowest BCUT2D eigenvalue weighted by molar-refractivity contribution is -0.159. The second kappa shape index (κ2) is 9.88. The zero-order chi connectivity index (χ0) is 22.4. The Hall–Kier alpha value is -3.68. The molecule has 1 fully saturated rings. The van der Waals surface area contributed by atoms with Crippen molar-refractivity contribution in [1.82, 2.24) is 4.98 Å². The molecule has 0 aliphatic carbocycles. The Morgan fingerprint density at radius 2 is 1.77 bits per heavy atom. The molecule has 2 aromatic carbocycles. The third-order valence-electron chi connectivity index (χ3n) is 4.81. The number of aliphatic carboxylic acids is 2. The van der Waals surface area contributed by atoms with E-state index in [1.54, 1.807) is 12.1 Å². The van der Waals surface area contributed by atoms with Crippen molar-refractivity contribution in [2.75, 3.05) is 18.0 Å². The molecule has 3 aromatic rings. The molecule has 0 unspecified atom stereocenters. The number of nitrogens with zero attached hydrogens (tertiary/aromatic N) is 2. The number of fused-ring (bicyclic) bond motifs is 1. The Morgan fingerprint density at radius 3 is 2.42 bits per heavy atom. The molecule has 0 atom stereocenters. The highest BCUT2D eigenvalue weighted by atomic mass is 19.1. The van der Waals surface area contributed by atoms with E-state index in [9.17, 15) is 4.39 Å². The molecular weight excluding hydrogens is 403 g/mol. The predicted octanol–water partition coefficient (Wildman–Crippen LogP) is 4.02. The first kappa shape index (κ1) is 22.0. The van der Waals surface area contributed by atoms with Gasteiger partial charge < -0.3 is 19.8 Å². The van der Waals surface area contributed by atoms with Gasteiger partial charge in [-0.1, -0.05) is 18.2 Å². The smallest absolute Gasteiger partial charge is 0.414 e. The Kier molecular flexibility index (Phi) is 7.02. The molecule has 162 valence electrons. The number of aryl methyl sites for hydroxylation is 1. The van der Waals surface area contributed by atoms with Crippen LogP contribution in [0.15, 0.2) is 48.5 Å². The number of carbonyl (C=O) groups is 2. The maximum Gasteiger partial charge on any atom is 0.414 e. The highest BCUT2D eigenvalue weighted by molar-refractivity contribution is 6.27. The number of hydrogen-bond donors (Lipinski definition) is 2. The summed E-state index contributed by atoms with van der Waals surface area (Å²) in [5.41, 5.74) is 4.32. The molecule has 0 amide bonds. The Labute approximate surface area is 178 Å². The molecule has 31 heavy (non-hydrogen) atoms. The number of ether oxygens (including phenoxy) is 1. The quantitative estimate of drug-likeness (QED) is 0.608. The van der Waals surface area contributed by atoms with Gasteiger partial charge in [0.2, 0.25) is 0 Å². The van der Waals surface area contributed by atoms with Crippen LogP contribution in [-0.4, -0.2) is 40.2 Å². The molecule has 1 aromatic heterocycles. The van der Waals surface area contributed by atoms with Gasteiger partial charge in [-0.3, -0.25) is 4.98 Å². The van der Waals surface area contributed by atoms with Crippen LogP contribution in [0.5, 0.6) is 5.75 Å². The van der Waals surface area contributed by atoms with Crippen LogP contribution >= 0.6 is 0 Å². The van der Waals surface area contributed by atoms with Gasteiger partial charge in [0.1, 0.15) is 18.2 Å². The summed E-state index contributed by atoms with van der Waals surface area (Å²) < 4.78 is 18.9. The topological polar surface area (TPSA) is 100.0 Å². The molecule has 0 radical (unpaired) electrons. The van der Waals surface area contributed by atoms with E-state index < -0.39 is 11.9 Å². The van der Waals surface area contributed by atoms with Crippen LogP contribution in [0.25, 0.3) is 10.9 Å². The maximum absolute atomic E-state index is 13.2. The number of hydrogen-bond acceptors (Lipinski definition) is 5. The van der Waals surface area contributed by atoms with E-state index in [0.717, 1.165) is 29.9 Å². The van der Waals surface area contributed by atoms with Gasteiger partial charge in [-0.25, -0.2) is 14.0 Å². The van der Waals surface area contributed by atoms with E-state index in [-0.39, 0.29) is 5.82 Å². The summed E-state index contributed by atoms with van der Waals surface area (Å²) in [6.45, 7) is 4.66. The first-order valence-electron chi connectivity index (χ1n) is 9.83. The molecule has 2 N–H and O–H groups in total. The van der Waals surface area contributed by atoms with Gasteiger partial charge in [0.15, 0.2) is 0 Å². The van der Waals surface area contributed by atoms with Crippen molar-refractivity contribution in [3.05, 3.63) is 65.6 Å². The zero-order valence-electron chi connectivity index (χ0n) is 17.0. The van der Waals surface area contributed by atoms with Gasteiger partial charge in [0.05, 0.1) is 5.52 Å². The highest BCUT2D eigenvalue weighted by Crippen LogP contribution is 2.30. The fourth-order valence-electron chi connectivity index (χ4n) is 3.42. The minimum atomic E-state index is -1.82. The highest BCUT2D eigenvalue weighted by Gasteiger charge is 2.16. The van der Waals surface area contributed by atoms with Crippen LogP contribution < -0.4 is 9.64 Å². The lowest BCUT2D eigenvalue weighted by Crippen LogP contribution is -2.18. The maximum atomic E-state index is 13.2. The van der Waals surface area contributed by atoms with Crippen molar-refractivity contribution in [3.8, 4) is 5.75 Å². The summed E-state index contributed by atoms with van der Waals surface area (Å²) in [4.78, 5) is 25.3. The molecule has 4 rings (SSSR count). The van der Waals surface area contributed by atoms with E-state index in [0.29, 0.717) is 12.4 Å². The zero-order valence-corrected chi connectivity index (χ0v) is 17.0. The summed E-state index contributed by atoms with van der Waals surface area (Å²) >= 11 is 0. The normalized spacial score (nSPS) is 12.9. The van der Waals surface area contributed by atoms with Gasteiger partial charge >= 0.3 is 11.9 Å². The molecule has 0 bridgehead atoms. The number of anilines is 1. The molecular formula is C23H23FN2O5. The second-order valence-corrected chi connectivity index (χ2v) is 7.18. The van der Waals surface area contributed by atoms with Crippen molar-refractivity contribution in [2.45, 2.75) is 26.4 Å². The Balaban J connectivity index is 0.000000401. The fourth-order valence-corrected chi connectivity index (χ4v) is 3.42. The van der Waals surface area contributed by atoms with Crippen LogP contribution in [0.3, 0.4) is 0 Å². The summed E-state index contributed by atoms with van der Waals surface area (Å²) in [6, 6.07) is 14.7. The molecule has 0 spiro atoms. The van der Waals surface area contributed by atoms with Crippen molar-refractivity contribution in [1.29, 1.82) is 0 Å². The van der Waals surface area contributed by atoms with Gasteiger partial charge in [0.25, 0.3) is 0 Å². The molecule has 1 aliphatic heterocycles.